The molecular weight excluding hydrogens is 797 g/mol. The zero-order chi connectivity index (χ0) is 43.1. The Labute approximate surface area is 355 Å². The first-order chi connectivity index (χ1) is 30.2. The minimum Gasteiger partial charge on any atom is -0.497 e. The lowest BCUT2D eigenvalue weighted by Gasteiger charge is -2.37. The topological polar surface area (TPSA) is 197 Å². The minimum atomic E-state index is -1.49. The maximum atomic E-state index is 13.5. The molecule has 316 valence electrons. The Morgan fingerprint density at radius 2 is 1.35 bits per heavy atom. The Kier molecular flexibility index (Phi) is 12.2. The van der Waals surface area contributed by atoms with Gasteiger partial charge in [-0.3, -0.25) is 29.8 Å². The third-order valence-electron chi connectivity index (χ3n) is 10.3. The van der Waals surface area contributed by atoms with E-state index < -0.39 is 47.7 Å². The summed E-state index contributed by atoms with van der Waals surface area (Å²) in [6.45, 7) is -0.608. The smallest absolute Gasteiger partial charge is 0.412 e. The van der Waals surface area contributed by atoms with Crippen molar-refractivity contribution in [3.8, 4) is 17.2 Å². The minimum absolute atomic E-state index is 0.0287. The molecule has 1 fully saturated rings. The summed E-state index contributed by atoms with van der Waals surface area (Å²) in [5, 5.41) is 17.3. The van der Waals surface area contributed by atoms with E-state index in [9.17, 15) is 19.5 Å². The van der Waals surface area contributed by atoms with Gasteiger partial charge in [0.2, 0.25) is 5.95 Å². The molecule has 0 aliphatic carbocycles. The highest BCUT2D eigenvalue weighted by atomic mass is 16.6. The van der Waals surface area contributed by atoms with E-state index in [1.807, 2.05) is 84.9 Å². The van der Waals surface area contributed by atoms with Gasteiger partial charge in [-0.15, -0.1) is 0 Å². The number of ether oxygens (including phenoxy) is 6. The Bertz CT molecular complexity index is 2610. The van der Waals surface area contributed by atoms with Gasteiger partial charge in [0, 0.05) is 5.69 Å². The van der Waals surface area contributed by atoms with Crippen LogP contribution < -0.4 is 30.4 Å². The lowest BCUT2D eigenvalue weighted by Crippen LogP contribution is -2.41. The molecule has 4 N–H and O–H groups in total. The highest BCUT2D eigenvalue weighted by molar-refractivity contribution is 5.91. The lowest BCUT2D eigenvalue weighted by molar-refractivity contribution is -0.118. The molecule has 1 aliphatic rings. The van der Waals surface area contributed by atoms with Gasteiger partial charge < -0.3 is 33.5 Å². The first-order valence-corrected chi connectivity index (χ1v) is 19.5. The van der Waals surface area contributed by atoms with Crippen molar-refractivity contribution in [2.75, 3.05) is 38.1 Å². The van der Waals surface area contributed by atoms with Crippen molar-refractivity contribution >= 4 is 34.8 Å². The molecule has 16 heteroatoms. The zero-order valence-corrected chi connectivity index (χ0v) is 33.5. The number of H-pyrrole nitrogens is 1. The second-order valence-electron chi connectivity index (χ2n) is 14.1. The number of anilines is 2. The molecule has 3 heterocycles. The molecule has 1 aliphatic heterocycles. The number of hydrogen-bond donors (Lipinski definition) is 4. The van der Waals surface area contributed by atoms with Gasteiger partial charge in [0.05, 0.1) is 27.2 Å². The number of methoxy groups -OCH3 is 2. The number of aliphatic hydroxyl groups excluding tert-OH is 1. The summed E-state index contributed by atoms with van der Waals surface area (Å²) in [6.07, 6.45) is -4.91. The second kappa shape index (κ2) is 18.4. The molecule has 0 saturated carbocycles. The molecule has 0 bridgehead atoms. The third kappa shape index (κ3) is 8.69. The number of amides is 2. The van der Waals surface area contributed by atoms with Crippen LogP contribution in [-0.4, -0.2) is 82.4 Å². The van der Waals surface area contributed by atoms with E-state index in [2.05, 4.69) is 25.6 Å². The molecule has 62 heavy (non-hydrogen) atoms. The summed E-state index contributed by atoms with van der Waals surface area (Å²) in [5.41, 5.74) is 0.611. The number of carbonyl (C=O) groups excluding carboxylic acids is 2. The first kappa shape index (κ1) is 41.2. The van der Waals surface area contributed by atoms with Crippen LogP contribution in [0.5, 0.6) is 17.2 Å². The van der Waals surface area contributed by atoms with Gasteiger partial charge in [-0.1, -0.05) is 91.0 Å². The molecule has 0 radical (unpaired) electrons. The molecule has 0 spiro atoms. The van der Waals surface area contributed by atoms with Crippen LogP contribution in [0.25, 0.3) is 11.2 Å². The quantitative estimate of drug-likeness (QED) is 0.0876. The van der Waals surface area contributed by atoms with Gasteiger partial charge in [-0.05, 0) is 65.2 Å². The molecular formula is C46H42N6O10. The first-order valence-electron chi connectivity index (χ1n) is 19.5. The van der Waals surface area contributed by atoms with Gasteiger partial charge in [0.15, 0.2) is 30.1 Å². The molecule has 2 aromatic heterocycles. The predicted molar refractivity (Wildman–Crippen MR) is 227 cm³/mol. The molecule has 4 atom stereocenters. The van der Waals surface area contributed by atoms with Crippen LogP contribution in [0, 0.1) is 0 Å². The summed E-state index contributed by atoms with van der Waals surface area (Å²) in [6, 6.07) is 41.9. The van der Waals surface area contributed by atoms with E-state index in [-0.39, 0.29) is 30.3 Å². The monoisotopic (exact) mass is 838 g/mol. The zero-order valence-electron chi connectivity index (χ0n) is 33.5. The molecule has 8 rings (SSSR count). The van der Waals surface area contributed by atoms with Crippen molar-refractivity contribution in [2.24, 2.45) is 0 Å². The molecule has 16 nitrogen and oxygen atoms in total. The fourth-order valence-electron chi connectivity index (χ4n) is 7.29. The number of hydrogen-bond acceptors (Lipinski definition) is 12. The van der Waals surface area contributed by atoms with E-state index >= 15 is 0 Å². The number of imidazole rings is 1. The third-order valence-corrected chi connectivity index (χ3v) is 10.3. The Morgan fingerprint density at radius 3 is 1.97 bits per heavy atom. The van der Waals surface area contributed by atoms with Gasteiger partial charge >= 0.3 is 6.09 Å². The number of aliphatic hydroxyl groups is 1. The van der Waals surface area contributed by atoms with Crippen LogP contribution in [0.15, 0.2) is 151 Å². The molecule has 2 amide bonds. The van der Waals surface area contributed by atoms with Crippen LogP contribution in [0.2, 0.25) is 0 Å². The number of benzene rings is 5. The van der Waals surface area contributed by atoms with E-state index in [0.29, 0.717) is 22.9 Å². The van der Waals surface area contributed by atoms with Gasteiger partial charge in [0.1, 0.15) is 35.1 Å². The van der Waals surface area contributed by atoms with Crippen molar-refractivity contribution in [1.82, 2.24) is 19.5 Å². The number of carbonyl (C=O) groups is 2. The van der Waals surface area contributed by atoms with Crippen LogP contribution in [0.4, 0.5) is 16.4 Å². The van der Waals surface area contributed by atoms with Crippen molar-refractivity contribution in [3.63, 3.8) is 0 Å². The average molecular weight is 839 g/mol. The maximum absolute atomic E-state index is 13.5. The standard InChI is InChI=1S/C46H42N6O10/c1-57-33-22-18-30(19-23-33)46(29-12-6-3-7-13-29,31-20-24-34(58-2)25-21-31)60-26-36-39(54)40(62-45(56)48-32-14-8-4-9-15-32)43(61-36)52-28-47-38-41(52)50-44(51-42(38)55)49-37(53)27-59-35-16-10-5-11-17-35/h3-25,28,36,39-40,43,54H,26-27H2,1-2H3,(H,48,56)(H2,49,50,51,53,55)/t36-,39?,40?,43-/m1/s1. The summed E-state index contributed by atoms with van der Waals surface area (Å²) in [4.78, 5) is 50.9. The highest BCUT2D eigenvalue weighted by Gasteiger charge is 2.50. The van der Waals surface area contributed by atoms with Crippen molar-refractivity contribution in [2.45, 2.75) is 30.1 Å². The fraction of sp³-hybridized carbons (Fsp3) is 0.196. The van der Waals surface area contributed by atoms with Crippen LogP contribution in [0.3, 0.4) is 0 Å². The summed E-state index contributed by atoms with van der Waals surface area (Å²) in [7, 11) is 3.17. The summed E-state index contributed by atoms with van der Waals surface area (Å²) < 4.78 is 37.4. The van der Waals surface area contributed by atoms with E-state index in [4.69, 9.17) is 28.4 Å². The fourth-order valence-corrected chi connectivity index (χ4v) is 7.29. The number of fused-ring (bicyclic) bond motifs is 1. The summed E-state index contributed by atoms with van der Waals surface area (Å²) in [5.74, 6) is 0.959. The number of nitrogens with zero attached hydrogens (tertiary/aromatic N) is 3. The Morgan fingerprint density at radius 1 is 0.774 bits per heavy atom. The molecule has 1 saturated heterocycles. The van der Waals surface area contributed by atoms with Crippen LogP contribution in [-0.2, 0) is 24.6 Å². The number of aromatic amines is 1. The van der Waals surface area contributed by atoms with Crippen molar-refractivity contribution in [3.05, 3.63) is 173 Å². The van der Waals surface area contributed by atoms with Gasteiger partial charge in [-0.25, -0.2) is 9.78 Å². The van der Waals surface area contributed by atoms with Crippen LogP contribution >= 0.6 is 0 Å². The molecule has 2 unspecified atom stereocenters. The van der Waals surface area contributed by atoms with Gasteiger partial charge in [-0.2, -0.15) is 4.98 Å². The predicted octanol–water partition coefficient (Wildman–Crippen LogP) is 6.04. The summed E-state index contributed by atoms with van der Waals surface area (Å²) >= 11 is 0. The number of rotatable bonds is 15. The Balaban J connectivity index is 1.14. The molecule has 7 aromatic rings. The number of para-hydroxylation sites is 2. The highest BCUT2D eigenvalue weighted by Crippen LogP contribution is 2.43. The van der Waals surface area contributed by atoms with E-state index in [1.54, 1.807) is 68.8 Å². The SMILES string of the molecule is COc1ccc(C(OC[C@H]2O[C@@H](n3cnc4c(=O)[nH]c(NC(=O)COc5ccccc5)nc43)C(OC(=O)Nc3ccccc3)C2O)(c2ccccc2)c2ccc(OC)cc2)cc1. The van der Waals surface area contributed by atoms with E-state index in [0.717, 1.165) is 16.7 Å². The normalized spacial score (nSPS) is 17.3. The van der Waals surface area contributed by atoms with Crippen molar-refractivity contribution < 1.29 is 43.1 Å². The Hall–Kier alpha value is -7.53. The van der Waals surface area contributed by atoms with E-state index in [1.165, 1.54) is 10.9 Å². The number of aromatic nitrogens is 4. The largest absolute Gasteiger partial charge is 0.497 e. The van der Waals surface area contributed by atoms with Gasteiger partial charge in [0.25, 0.3) is 11.5 Å². The molecule has 5 aromatic carbocycles. The maximum Gasteiger partial charge on any atom is 0.412 e. The van der Waals surface area contributed by atoms with Crippen molar-refractivity contribution in [1.29, 1.82) is 0 Å². The lowest BCUT2D eigenvalue weighted by atomic mass is 9.80. The second-order valence-corrected chi connectivity index (χ2v) is 14.1. The number of nitrogens with one attached hydrogen (secondary N) is 3. The van der Waals surface area contributed by atoms with Crippen LogP contribution in [0.1, 0.15) is 22.9 Å². The average Bonchev–Trinajstić information content (AvgIpc) is 3.87.